The highest BCUT2D eigenvalue weighted by molar-refractivity contribution is 6.12. The lowest BCUT2D eigenvalue weighted by atomic mass is 9.86. The summed E-state index contributed by atoms with van der Waals surface area (Å²) in [5, 5.41) is 23.9. The van der Waals surface area contributed by atoms with Crippen LogP contribution < -0.4 is 37.9 Å². The van der Waals surface area contributed by atoms with Gasteiger partial charge in [-0.1, -0.05) is 37.3 Å². The summed E-state index contributed by atoms with van der Waals surface area (Å²) in [4.78, 5) is 119. The van der Waals surface area contributed by atoms with Gasteiger partial charge in [-0.3, -0.25) is 43.3 Å². The number of pyridine rings is 2. The van der Waals surface area contributed by atoms with Crippen molar-refractivity contribution in [3.05, 3.63) is 105 Å². The smallest absolute Gasteiger partial charge is 0.343 e. The van der Waals surface area contributed by atoms with Crippen LogP contribution in [-0.4, -0.2) is 139 Å². The molecule has 2 aromatic heterocycles. The van der Waals surface area contributed by atoms with Gasteiger partial charge < -0.3 is 60.9 Å². The van der Waals surface area contributed by atoms with Gasteiger partial charge in [0.25, 0.3) is 17.4 Å². The van der Waals surface area contributed by atoms with Crippen molar-refractivity contribution >= 4 is 63.9 Å². The minimum Gasteiger partial charge on any atom is -0.458 e. The number of ether oxygens (including phenoxy) is 4. The fraction of sp³-hybridized carbons (Fsp3) is 0.388. The lowest BCUT2D eigenvalue weighted by molar-refractivity contribution is -0.172. The number of nitrogens with zero attached hydrogens (tertiary/aromatic N) is 3. The summed E-state index contributed by atoms with van der Waals surface area (Å²) in [6.45, 7) is 0.858. The molecule has 2 atom stereocenters. The molecule has 4 aromatic rings. The summed E-state index contributed by atoms with van der Waals surface area (Å²) in [6, 6.07) is 11.4. The van der Waals surface area contributed by atoms with E-state index in [0.29, 0.717) is 33.5 Å². The molecule has 5 heterocycles. The van der Waals surface area contributed by atoms with Crippen molar-refractivity contribution in [3.8, 4) is 11.4 Å². The third-order valence-corrected chi connectivity index (χ3v) is 12.2. The molecule has 3 aliphatic heterocycles. The third kappa shape index (κ3) is 12.6. The van der Waals surface area contributed by atoms with Crippen LogP contribution in [-0.2, 0) is 89.0 Å². The fourth-order valence-corrected chi connectivity index (χ4v) is 8.32. The van der Waals surface area contributed by atoms with E-state index in [1.165, 1.54) is 28.9 Å². The number of nitrogens with one attached hydrogen (secondary N) is 5. The van der Waals surface area contributed by atoms with Crippen LogP contribution in [0.15, 0.2) is 65.5 Å². The van der Waals surface area contributed by atoms with Gasteiger partial charge in [-0.25, -0.2) is 14.2 Å². The molecule has 0 unspecified atom stereocenters. The second-order valence-corrected chi connectivity index (χ2v) is 17.0. The Balaban J connectivity index is 0.856. The maximum absolute atomic E-state index is 15.7. The molecule has 3 aliphatic rings. The summed E-state index contributed by atoms with van der Waals surface area (Å²) in [5.41, 5.74) is 6.20. The van der Waals surface area contributed by atoms with E-state index in [1.54, 1.807) is 37.3 Å². The second kappa shape index (κ2) is 24.1. The molecule has 0 saturated carbocycles. The van der Waals surface area contributed by atoms with Crippen LogP contribution in [0.25, 0.3) is 22.3 Å². The van der Waals surface area contributed by atoms with Gasteiger partial charge in [0.15, 0.2) is 5.60 Å². The predicted molar refractivity (Wildman–Crippen MR) is 255 cm³/mol. The first kappa shape index (κ1) is 53.0. The van der Waals surface area contributed by atoms with E-state index in [9.17, 15) is 48.3 Å². The molecule has 0 radical (unpaired) electrons. The first-order valence-electron chi connectivity index (χ1n) is 23.3. The Morgan fingerprint density at radius 1 is 0.836 bits per heavy atom. The molecule has 7 rings (SSSR count). The fourth-order valence-electron chi connectivity index (χ4n) is 8.32. The SMILES string of the molecule is CC[C@@]1(O)C(=O)OCc2c1cc1n(c2=O)Cc2c-1nc1cc(F)c(NC(=O)CNC(=O)[C@H](Cc3ccccc3)NC(=O)CNC(=O)CNC(=O)CCOCCOCCOCCN3C(=O)C=CC3=O)cc1c2CN. The van der Waals surface area contributed by atoms with Crippen molar-refractivity contribution in [2.45, 2.75) is 57.5 Å². The molecule has 7 amide bonds. The molecular weight excluding hydrogens is 958 g/mol. The molecule has 0 saturated heterocycles. The van der Waals surface area contributed by atoms with Crippen LogP contribution >= 0.6 is 0 Å². The normalized spacial score (nSPS) is 15.8. The molecule has 24 heteroatoms. The molecular formula is C49H54FN9O14. The van der Waals surface area contributed by atoms with E-state index in [1.807, 2.05) is 0 Å². The first-order chi connectivity index (χ1) is 35.1. The largest absolute Gasteiger partial charge is 0.458 e. The number of aliphatic hydroxyl groups is 1. The van der Waals surface area contributed by atoms with Gasteiger partial charge in [0.05, 0.1) is 101 Å². The van der Waals surface area contributed by atoms with E-state index in [-0.39, 0.29) is 119 Å². The number of hydrogen-bond donors (Lipinski definition) is 7. The van der Waals surface area contributed by atoms with Gasteiger partial charge >= 0.3 is 5.97 Å². The van der Waals surface area contributed by atoms with Gasteiger partial charge in [-0.15, -0.1) is 0 Å². The Labute approximate surface area is 415 Å². The Hall–Kier alpha value is -7.77. The number of amides is 7. The molecule has 2 aromatic carbocycles. The molecule has 73 heavy (non-hydrogen) atoms. The number of carbonyl (C=O) groups is 8. The third-order valence-electron chi connectivity index (χ3n) is 12.2. The highest BCUT2D eigenvalue weighted by Gasteiger charge is 2.45. The summed E-state index contributed by atoms with van der Waals surface area (Å²) in [5.74, 6) is -6.01. The zero-order chi connectivity index (χ0) is 52.2. The van der Waals surface area contributed by atoms with Crippen LogP contribution in [0.4, 0.5) is 10.1 Å². The maximum atomic E-state index is 15.7. The standard InChI is InChI=1S/C49H54FN9O14/c1-2-49(69)33-20-38-45-31(26-59(38)47(67)32(33)27-73-48(49)68)30(22-51)29-19-36(34(50)21-35(29)57-45)55-42(63)25-54-46(66)37(18-28-6-4-3-5-7-28)56-41(62)24-53-40(61)23-52-39(60)10-12-70-14-16-72-17-15-71-13-11-58-43(64)8-9-44(58)65/h3-9,19-21,37,69H,2,10-18,22-27,51H2,1H3,(H,52,60)(H,53,61)(H,54,66)(H,55,63)(H,56,62)/t37-,49-/m0/s1. The molecule has 0 fully saturated rings. The number of halogens is 1. The molecule has 0 spiro atoms. The number of carbonyl (C=O) groups excluding carboxylic acids is 8. The zero-order valence-corrected chi connectivity index (χ0v) is 39.7. The number of cyclic esters (lactones) is 1. The topological polar surface area (TPSA) is 318 Å². The number of benzene rings is 2. The lowest BCUT2D eigenvalue weighted by Crippen LogP contribution is -2.52. The van der Waals surface area contributed by atoms with E-state index >= 15 is 4.39 Å². The molecule has 0 aliphatic carbocycles. The van der Waals surface area contributed by atoms with Crippen molar-refractivity contribution < 1.29 is 66.8 Å². The van der Waals surface area contributed by atoms with Crippen molar-refractivity contribution in [1.29, 1.82) is 0 Å². The van der Waals surface area contributed by atoms with Gasteiger partial charge in [-0.2, -0.15) is 0 Å². The van der Waals surface area contributed by atoms with Crippen LogP contribution in [0.1, 0.15) is 47.6 Å². The minimum absolute atomic E-state index is 0.000451. The summed E-state index contributed by atoms with van der Waals surface area (Å²) >= 11 is 0. The van der Waals surface area contributed by atoms with E-state index in [4.69, 9.17) is 24.7 Å². The molecule has 8 N–H and O–H groups in total. The second-order valence-electron chi connectivity index (χ2n) is 17.0. The average molecular weight is 1010 g/mol. The van der Waals surface area contributed by atoms with Crippen LogP contribution in [0.3, 0.4) is 0 Å². The van der Waals surface area contributed by atoms with Crippen LogP contribution in [0.5, 0.6) is 0 Å². The van der Waals surface area contributed by atoms with Gasteiger partial charge in [0.1, 0.15) is 18.5 Å². The number of rotatable bonds is 25. The number of anilines is 1. The highest BCUT2D eigenvalue weighted by Crippen LogP contribution is 2.40. The first-order valence-corrected chi connectivity index (χ1v) is 23.3. The Bertz CT molecular complexity index is 2890. The Kier molecular flexibility index (Phi) is 17.5. The molecule has 23 nitrogen and oxygen atoms in total. The summed E-state index contributed by atoms with van der Waals surface area (Å²) in [7, 11) is 0. The van der Waals surface area contributed by atoms with Crippen molar-refractivity contribution in [3.63, 3.8) is 0 Å². The number of imide groups is 1. The quantitative estimate of drug-likeness (QED) is 0.0211. The average Bonchev–Trinajstić information content (AvgIpc) is 3.91. The lowest BCUT2D eigenvalue weighted by Gasteiger charge is -2.31. The van der Waals surface area contributed by atoms with Crippen LogP contribution in [0.2, 0.25) is 0 Å². The predicted octanol–water partition coefficient (Wildman–Crippen LogP) is -0.943. The van der Waals surface area contributed by atoms with Gasteiger partial charge in [0, 0.05) is 54.1 Å². The number of esters is 1. The van der Waals surface area contributed by atoms with Gasteiger partial charge in [-0.05, 0) is 29.7 Å². The summed E-state index contributed by atoms with van der Waals surface area (Å²) < 4.78 is 38.4. The van der Waals surface area contributed by atoms with E-state index < -0.39 is 78.2 Å². The summed E-state index contributed by atoms with van der Waals surface area (Å²) in [6.07, 6.45) is 2.29. The Morgan fingerprint density at radius 3 is 2.19 bits per heavy atom. The molecule has 386 valence electrons. The van der Waals surface area contributed by atoms with Gasteiger partial charge in [0.2, 0.25) is 29.5 Å². The maximum Gasteiger partial charge on any atom is 0.343 e. The zero-order valence-electron chi connectivity index (χ0n) is 39.7. The highest BCUT2D eigenvalue weighted by atomic mass is 19.1. The van der Waals surface area contributed by atoms with Crippen molar-refractivity contribution in [2.75, 3.05) is 71.1 Å². The van der Waals surface area contributed by atoms with E-state index in [2.05, 4.69) is 31.6 Å². The monoisotopic (exact) mass is 1010 g/mol. The van der Waals surface area contributed by atoms with Crippen molar-refractivity contribution in [1.82, 2.24) is 35.7 Å². The van der Waals surface area contributed by atoms with Crippen molar-refractivity contribution in [2.24, 2.45) is 5.73 Å². The number of aromatic nitrogens is 2. The van der Waals surface area contributed by atoms with E-state index in [0.717, 1.165) is 11.0 Å². The Morgan fingerprint density at radius 2 is 1.49 bits per heavy atom. The van der Waals surface area contributed by atoms with Crippen LogP contribution in [0, 0.1) is 5.82 Å². The number of hydrogen-bond acceptors (Lipinski definition) is 16. The minimum atomic E-state index is -2.04. The number of nitrogens with two attached hydrogens (primary N) is 1. The molecule has 0 bridgehead atoms. The number of fused-ring (bicyclic) bond motifs is 5.